The van der Waals surface area contributed by atoms with Crippen LogP contribution < -0.4 is 5.11 Å². The van der Waals surface area contributed by atoms with Gasteiger partial charge in [0.15, 0.2) is 5.69 Å². The van der Waals surface area contributed by atoms with Crippen LogP contribution in [0.5, 0.6) is 0 Å². The maximum Gasteiger partial charge on any atom is 0.436 e. The van der Waals surface area contributed by atoms with Crippen LogP contribution in [0.1, 0.15) is 16.2 Å². The number of carboxylic acid groups (broad SMARTS) is 1. The zero-order chi connectivity index (χ0) is 11.1. The summed E-state index contributed by atoms with van der Waals surface area (Å²) in [6.45, 7) is 0. The van der Waals surface area contributed by atoms with Crippen molar-refractivity contribution in [3.8, 4) is 0 Å². The van der Waals surface area contributed by atoms with E-state index in [9.17, 15) is 23.1 Å². The molecule has 78 valence electrons. The van der Waals surface area contributed by atoms with E-state index in [2.05, 4.69) is 5.10 Å². The van der Waals surface area contributed by atoms with Gasteiger partial charge in [-0.2, -0.15) is 18.3 Å². The Kier molecular flexibility index (Phi) is 2.45. The van der Waals surface area contributed by atoms with Crippen LogP contribution in [0.25, 0.3) is 0 Å². The summed E-state index contributed by atoms with van der Waals surface area (Å²) in [6, 6.07) is 0. The maximum absolute atomic E-state index is 12.1. The van der Waals surface area contributed by atoms with Gasteiger partial charge in [0.25, 0.3) is 0 Å². The number of rotatable bonds is 1. The molecule has 14 heavy (non-hydrogen) atoms. The molecule has 0 spiro atoms. The minimum Gasteiger partial charge on any atom is -0.543 e. The quantitative estimate of drug-likeness (QED) is 0.700. The number of hydrogen-bond donors (Lipinski definition) is 0. The van der Waals surface area contributed by atoms with Crippen molar-refractivity contribution in [3.63, 3.8) is 0 Å². The molecule has 0 aliphatic carbocycles. The Hall–Kier alpha value is -1.24. The van der Waals surface area contributed by atoms with E-state index in [0.717, 1.165) is 7.05 Å². The number of aromatic carboxylic acids is 1. The first-order valence-corrected chi connectivity index (χ1v) is 3.64. The Morgan fingerprint density at radius 1 is 1.57 bits per heavy atom. The second kappa shape index (κ2) is 3.16. The molecule has 0 fully saturated rings. The minimum absolute atomic E-state index is 0.514. The molecule has 8 heteroatoms. The highest BCUT2D eigenvalue weighted by molar-refractivity contribution is 6.33. The molecule has 0 aliphatic heterocycles. The largest absolute Gasteiger partial charge is 0.543 e. The molecule has 0 saturated carbocycles. The topological polar surface area (TPSA) is 58.0 Å². The number of halogens is 4. The van der Waals surface area contributed by atoms with Gasteiger partial charge in [-0.05, 0) is 0 Å². The van der Waals surface area contributed by atoms with E-state index in [4.69, 9.17) is 11.6 Å². The molecule has 0 amide bonds. The second-order valence-electron chi connectivity index (χ2n) is 2.42. The van der Waals surface area contributed by atoms with Crippen LogP contribution in [-0.4, -0.2) is 15.7 Å². The normalized spacial score (nSPS) is 11.8. The first-order chi connectivity index (χ1) is 6.25. The Labute approximate surface area is 80.9 Å². The van der Waals surface area contributed by atoms with E-state index >= 15 is 0 Å². The van der Waals surface area contributed by atoms with Gasteiger partial charge in [-0.15, -0.1) is 0 Å². The third-order valence-corrected chi connectivity index (χ3v) is 1.81. The fourth-order valence-corrected chi connectivity index (χ4v) is 1.25. The number of aromatic nitrogens is 2. The Morgan fingerprint density at radius 3 is 2.29 bits per heavy atom. The van der Waals surface area contributed by atoms with Crippen LogP contribution in [0, 0.1) is 0 Å². The van der Waals surface area contributed by atoms with Crippen molar-refractivity contribution in [1.82, 2.24) is 9.78 Å². The number of carbonyl (C=O) groups is 1. The molecule has 0 aliphatic rings. The van der Waals surface area contributed by atoms with Crippen molar-refractivity contribution >= 4 is 17.6 Å². The van der Waals surface area contributed by atoms with E-state index in [1.807, 2.05) is 0 Å². The van der Waals surface area contributed by atoms with Gasteiger partial charge in [0, 0.05) is 7.05 Å². The molecule has 0 unspecified atom stereocenters. The first-order valence-electron chi connectivity index (χ1n) is 3.26. The van der Waals surface area contributed by atoms with Gasteiger partial charge >= 0.3 is 6.18 Å². The molecule has 0 saturated heterocycles. The molecule has 4 nitrogen and oxygen atoms in total. The predicted octanol–water partition coefficient (Wildman–Crippen LogP) is 0.456. The van der Waals surface area contributed by atoms with Crippen LogP contribution in [0.15, 0.2) is 0 Å². The average Bonchev–Trinajstić information content (AvgIpc) is 2.24. The van der Waals surface area contributed by atoms with Crippen LogP contribution in [0.4, 0.5) is 13.2 Å². The number of carbonyl (C=O) groups excluding carboxylic acids is 1. The Bertz CT molecular complexity index is 385. The lowest BCUT2D eigenvalue weighted by molar-refractivity contribution is -0.255. The third kappa shape index (κ3) is 1.67. The van der Waals surface area contributed by atoms with Gasteiger partial charge in [0.1, 0.15) is 10.7 Å². The van der Waals surface area contributed by atoms with Crippen molar-refractivity contribution in [2.24, 2.45) is 7.05 Å². The monoisotopic (exact) mass is 227 g/mol. The summed E-state index contributed by atoms with van der Waals surface area (Å²) in [6.07, 6.45) is -4.78. The fraction of sp³-hybridized carbons (Fsp3) is 0.333. The van der Waals surface area contributed by atoms with E-state index < -0.39 is 28.6 Å². The molecule has 0 bridgehead atoms. The van der Waals surface area contributed by atoms with Gasteiger partial charge in [0.2, 0.25) is 0 Å². The summed E-state index contributed by atoms with van der Waals surface area (Å²) >= 11 is 5.19. The smallest absolute Gasteiger partial charge is 0.436 e. The van der Waals surface area contributed by atoms with Crippen molar-refractivity contribution in [2.75, 3.05) is 0 Å². The van der Waals surface area contributed by atoms with Crippen LogP contribution in [-0.2, 0) is 13.2 Å². The lowest BCUT2D eigenvalue weighted by Gasteiger charge is -2.02. The summed E-state index contributed by atoms with van der Waals surface area (Å²) < 4.78 is 36.9. The highest BCUT2D eigenvalue weighted by Crippen LogP contribution is 2.34. The van der Waals surface area contributed by atoms with E-state index in [-0.39, 0.29) is 0 Å². The SMILES string of the molecule is Cn1nc(C(F)(F)F)c(Cl)c1C(=O)[O-]. The third-order valence-electron chi connectivity index (χ3n) is 1.45. The van der Waals surface area contributed by atoms with Crippen LogP contribution in [0.3, 0.4) is 0 Å². The second-order valence-corrected chi connectivity index (χ2v) is 2.80. The predicted molar refractivity (Wildman–Crippen MR) is 37.6 cm³/mol. The summed E-state index contributed by atoms with van der Waals surface area (Å²) in [4.78, 5) is 10.4. The first kappa shape index (κ1) is 10.8. The summed E-state index contributed by atoms with van der Waals surface area (Å²) in [5.41, 5.74) is -2.22. The van der Waals surface area contributed by atoms with E-state index in [0.29, 0.717) is 4.68 Å². The molecule has 0 radical (unpaired) electrons. The summed E-state index contributed by atoms with van der Waals surface area (Å²) in [5.74, 6) is -1.81. The molecule has 1 aromatic rings. The Balaban J connectivity index is 3.39. The van der Waals surface area contributed by atoms with Crippen molar-refractivity contribution in [1.29, 1.82) is 0 Å². The number of nitrogens with zero attached hydrogens (tertiary/aromatic N) is 2. The average molecular weight is 228 g/mol. The van der Waals surface area contributed by atoms with Gasteiger partial charge in [-0.25, -0.2) is 0 Å². The van der Waals surface area contributed by atoms with Gasteiger partial charge < -0.3 is 9.90 Å². The highest BCUT2D eigenvalue weighted by atomic mass is 35.5. The van der Waals surface area contributed by atoms with Gasteiger partial charge in [-0.1, -0.05) is 11.6 Å². The lowest BCUT2D eigenvalue weighted by Crippen LogP contribution is -2.25. The number of carboxylic acids is 1. The van der Waals surface area contributed by atoms with Crippen molar-refractivity contribution < 1.29 is 23.1 Å². The molecular formula is C6H3ClF3N2O2-. The Morgan fingerprint density at radius 2 is 2.07 bits per heavy atom. The van der Waals surface area contributed by atoms with Crippen LogP contribution >= 0.6 is 11.6 Å². The lowest BCUT2D eigenvalue weighted by atomic mass is 10.3. The molecule has 0 aromatic carbocycles. The molecule has 0 N–H and O–H groups in total. The molecule has 1 rings (SSSR count). The zero-order valence-corrected chi connectivity index (χ0v) is 7.48. The number of alkyl halides is 3. The van der Waals surface area contributed by atoms with E-state index in [1.165, 1.54) is 0 Å². The standard InChI is InChI=1S/C6H4ClF3N2O2/c1-12-3(5(13)14)2(7)4(11-12)6(8,9)10/h1H3,(H,13,14)/p-1. The molecular weight excluding hydrogens is 225 g/mol. The minimum atomic E-state index is -4.78. The van der Waals surface area contributed by atoms with E-state index in [1.54, 1.807) is 0 Å². The van der Waals surface area contributed by atoms with Crippen molar-refractivity contribution in [3.05, 3.63) is 16.4 Å². The van der Waals surface area contributed by atoms with Gasteiger partial charge in [0.05, 0.1) is 5.97 Å². The molecule has 1 heterocycles. The fourth-order valence-electron chi connectivity index (χ4n) is 0.901. The summed E-state index contributed by atoms with van der Waals surface area (Å²) in [7, 11) is 1.03. The molecule has 1 aromatic heterocycles. The van der Waals surface area contributed by atoms with Crippen molar-refractivity contribution in [2.45, 2.75) is 6.18 Å². The number of aryl methyl sites for hydroxylation is 1. The number of hydrogen-bond acceptors (Lipinski definition) is 3. The highest BCUT2D eigenvalue weighted by Gasteiger charge is 2.38. The van der Waals surface area contributed by atoms with Gasteiger partial charge in [-0.3, -0.25) is 4.68 Å². The van der Waals surface area contributed by atoms with Crippen LogP contribution in [0.2, 0.25) is 5.02 Å². The molecule has 0 atom stereocenters. The summed E-state index contributed by atoms with van der Waals surface area (Å²) in [5, 5.41) is 12.3. The maximum atomic E-state index is 12.1. The zero-order valence-electron chi connectivity index (χ0n) is 6.72.